The first kappa shape index (κ1) is 16.0. The van der Waals surface area contributed by atoms with Gasteiger partial charge in [0, 0.05) is 17.6 Å². The average Bonchev–Trinajstić information content (AvgIpc) is 2.65. The zero-order chi connectivity index (χ0) is 17.2. The minimum atomic E-state index is -0.0312. The number of carbonyl (C=O) groups is 1. The van der Waals surface area contributed by atoms with Gasteiger partial charge in [-0.05, 0) is 35.7 Å². The molecule has 0 fully saturated rings. The van der Waals surface area contributed by atoms with Crippen molar-refractivity contribution in [3.8, 4) is 5.88 Å². The van der Waals surface area contributed by atoms with E-state index in [2.05, 4.69) is 38.0 Å². The highest BCUT2D eigenvalue weighted by atomic mass is 79.9. The van der Waals surface area contributed by atoms with E-state index in [0.717, 1.165) is 28.3 Å². The summed E-state index contributed by atoms with van der Waals surface area (Å²) in [6.07, 6.45) is 2.33. The number of nitrogens with zero attached hydrogens (tertiary/aromatic N) is 3. The molecule has 0 unspecified atom stereocenters. The number of benzene rings is 2. The molecular weight excluding hydrogens is 382 g/mol. The molecule has 0 aliphatic carbocycles. The standard InChI is InChI=1S/C19H16BrN3O2/c20-15-5-6-17-16(9-15)19(22-12-21-17)25-11-18(24)23-8-7-13-3-1-2-4-14(13)10-23/h1-6,9,12H,7-8,10-11H2. The van der Waals surface area contributed by atoms with Gasteiger partial charge in [-0.15, -0.1) is 0 Å². The predicted octanol–water partition coefficient (Wildman–Crippen LogP) is 3.36. The molecule has 2 aromatic carbocycles. The van der Waals surface area contributed by atoms with Crippen LogP contribution in [0.1, 0.15) is 11.1 Å². The second kappa shape index (κ2) is 6.80. The van der Waals surface area contributed by atoms with Gasteiger partial charge in [0.1, 0.15) is 6.33 Å². The number of fused-ring (bicyclic) bond motifs is 2. The molecule has 5 nitrogen and oxygen atoms in total. The molecule has 0 spiro atoms. The molecule has 0 bridgehead atoms. The third kappa shape index (κ3) is 3.35. The van der Waals surface area contributed by atoms with Crippen LogP contribution >= 0.6 is 15.9 Å². The second-order valence-corrected chi connectivity index (χ2v) is 6.88. The first-order valence-corrected chi connectivity index (χ1v) is 8.87. The molecule has 0 saturated carbocycles. The van der Waals surface area contributed by atoms with Crippen molar-refractivity contribution in [2.45, 2.75) is 13.0 Å². The Labute approximate surface area is 153 Å². The van der Waals surface area contributed by atoms with Crippen molar-refractivity contribution < 1.29 is 9.53 Å². The lowest BCUT2D eigenvalue weighted by Gasteiger charge is -2.28. The molecule has 1 aromatic heterocycles. The third-order valence-corrected chi connectivity index (χ3v) is 4.87. The van der Waals surface area contributed by atoms with E-state index in [1.54, 1.807) is 0 Å². The minimum Gasteiger partial charge on any atom is -0.467 e. The molecule has 0 saturated heterocycles. The van der Waals surface area contributed by atoms with Crippen LogP contribution in [0.2, 0.25) is 0 Å². The zero-order valence-electron chi connectivity index (χ0n) is 13.5. The maximum Gasteiger partial charge on any atom is 0.260 e. The lowest BCUT2D eigenvalue weighted by atomic mass is 10.00. The summed E-state index contributed by atoms with van der Waals surface area (Å²) in [4.78, 5) is 22.8. The van der Waals surface area contributed by atoms with Gasteiger partial charge in [0.05, 0.1) is 10.9 Å². The summed E-state index contributed by atoms with van der Waals surface area (Å²) in [6, 6.07) is 13.9. The molecule has 0 N–H and O–H groups in total. The summed E-state index contributed by atoms with van der Waals surface area (Å²) in [5, 5.41) is 0.786. The Bertz CT molecular complexity index is 945. The number of aromatic nitrogens is 2. The highest BCUT2D eigenvalue weighted by Crippen LogP contribution is 2.25. The molecule has 25 heavy (non-hydrogen) atoms. The molecule has 2 heterocycles. The van der Waals surface area contributed by atoms with Crippen LogP contribution in [0, 0.1) is 0 Å². The number of hydrogen-bond donors (Lipinski definition) is 0. The van der Waals surface area contributed by atoms with Gasteiger partial charge in [-0.3, -0.25) is 4.79 Å². The van der Waals surface area contributed by atoms with E-state index in [-0.39, 0.29) is 12.5 Å². The quantitative estimate of drug-likeness (QED) is 0.679. The fraction of sp³-hybridized carbons (Fsp3) is 0.211. The van der Waals surface area contributed by atoms with Gasteiger partial charge in [-0.2, -0.15) is 0 Å². The van der Waals surface area contributed by atoms with Crippen LogP contribution in [0.25, 0.3) is 10.9 Å². The largest absolute Gasteiger partial charge is 0.467 e. The van der Waals surface area contributed by atoms with Crippen LogP contribution < -0.4 is 4.74 Å². The fourth-order valence-electron chi connectivity index (χ4n) is 3.05. The summed E-state index contributed by atoms with van der Waals surface area (Å²) in [7, 11) is 0. The molecular formula is C19H16BrN3O2. The van der Waals surface area contributed by atoms with Crippen molar-refractivity contribution in [1.82, 2.24) is 14.9 Å². The third-order valence-electron chi connectivity index (χ3n) is 4.38. The number of amides is 1. The van der Waals surface area contributed by atoms with E-state index in [1.165, 1.54) is 17.5 Å². The number of hydrogen-bond acceptors (Lipinski definition) is 4. The summed E-state index contributed by atoms with van der Waals surface area (Å²) in [5.41, 5.74) is 3.31. The van der Waals surface area contributed by atoms with Crippen molar-refractivity contribution in [3.05, 3.63) is 64.4 Å². The van der Waals surface area contributed by atoms with Crippen LogP contribution in [0.3, 0.4) is 0 Å². The lowest BCUT2D eigenvalue weighted by Crippen LogP contribution is -2.38. The van der Waals surface area contributed by atoms with E-state index in [0.29, 0.717) is 12.4 Å². The summed E-state index contributed by atoms with van der Waals surface area (Å²) in [5.74, 6) is 0.397. The van der Waals surface area contributed by atoms with E-state index >= 15 is 0 Å². The van der Waals surface area contributed by atoms with Crippen molar-refractivity contribution in [2.24, 2.45) is 0 Å². The fourth-order valence-corrected chi connectivity index (χ4v) is 3.41. The van der Waals surface area contributed by atoms with Crippen molar-refractivity contribution in [3.63, 3.8) is 0 Å². The van der Waals surface area contributed by atoms with Crippen LogP contribution in [-0.4, -0.2) is 33.9 Å². The van der Waals surface area contributed by atoms with Crippen molar-refractivity contribution in [1.29, 1.82) is 0 Å². The number of ether oxygens (including phenoxy) is 1. The Kier molecular flexibility index (Phi) is 4.36. The van der Waals surface area contributed by atoms with Gasteiger partial charge >= 0.3 is 0 Å². The summed E-state index contributed by atoms with van der Waals surface area (Å²) < 4.78 is 6.63. The maximum atomic E-state index is 12.5. The average molecular weight is 398 g/mol. The normalized spacial score (nSPS) is 13.6. The Hall–Kier alpha value is -2.47. The Morgan fingerprint density at radius 3 is 2.88 bits per heavy atom. The summed E-state index contributed by atoms with van der Waals surface area (Å²) >= 11 is 3.44. The molecule has 1 aliphatic heterocycles. The van der Waals surface area contributed by atoms with E-state index < -0.39 is 0 Å². The van der Waals surface area contributed by atoms with Gasteiger partial charge in [0.25, 0.3) is 5.91 Å². The highest BCUT2D eigenvalue weighted by Gasteiger charge is 2.21. The first-order chi connectivity index (χ1) is 12.2. The Morgan fingerprint density at radius 1 is 1.16 bits per heavy atom. The molecule has 0 radical (unpaired) electrons. The minimum absolute atomic E-state index is 0.0270. The maximum absolute atomic E-state index is 12.5. The van der Waals surface area contributed by atoms with Crippen LogP contribution in [-0.2, 0) is 17.8 Å². The van der Waals surface area contributed by atoms with E-state index in [4.69, 9.17) is 4.74 Å². The van der Waals surface area contributed by atoms with Gasteiger partial charge in [0.15, 0.2) is 6.61 Å². The Balaban J connectivity index is 1.47. The molecule has 1 amide bonds. The molecule has 3 aromatic rings. The Morgan fingerprint density at radius 2 is 2.00 bits per heavy atom. The van der Waals surface area contributed by atoms with Crippen molar-refractivity contribution in [2.75, 3.05) is 13.2 Å². The van der Waals surface area contributed by atoms with Crippen molar-refractivity contribution >= 4 is 32.7 Å². The van der Waals surface area contributed by atoms with Crippen LogP contribution in [0.4, 0.5) is 0 Å². The molecule has 126 valence electrons. The van der Waals surface area contributed by atoms with Gasteiger partial charge in [0.2, 0.25) is 5.88 Å². The molecule has 0 atom stereocenters. The summed E-state index contributed by atoms with van der Waals surface area (Å²) in [6.45, 7) is 1.32. The van der Waals surface area contributed by atoms with Gasteiger partial charge in [-0.25, -0.2) is 9.97 Å². The van der Waals surface area contributed by atoms with E-state index in [9.17, 15) is 4.79 Å². The number of halogens is 1. The SMILES string of the molecule is O=C(COc1ncnc2ccc(Br)cc12)N1CCc2ccccc2C1. The monoisotopic (exact) mass is 397 g/mol. The molecule has 6 heteroatoms. The zero-order valence-corrected chi connectivity index (χ0v) is 15.1. The number of rotatable bonds is 3. The highest BCUT2D eigenvalue weighted by molar-refractivity contribution is 9.10. The second-order valence-electron chi connectivity index (χ2n) is 5.96. The molecule has 4 rings (SSSR count). The van der Waals surface area contributed by atoms with Crippen LogP contribution in [0.15, 0.2) is 53.3 Å². The lowest BCUT2D eigenvalue weighted by molar-refractivity contribution is -0.134. The topological polar surface area (TPSA) is 55.3 Å². The van der Waals surface area contributed by atoms with E-state index in [1.807, 2.05) is 35.2 Å². The van der Waals surface area contributed by atoms with Crippen LogP contribution in [0.5, 0.6) is 5.88 Å². The first-order valence-electron chi connectivity index (χ1n) is 8.08. The predicted molar refractivity (Wildman–Crippen MR) is 98.3 cm³/mol. The van der Waals surface area contributed by atoms with Gasteiger partial charge < -0.3 is 9.64 Å². The van der Waals surface area contributed by atoms with Gasteiger partial charge in [-0.1, -0.05) is 40.2 Å². The number of carbonyl (C=O) groups excluding carboxylic acids is 1. The smallest absolute Gasteiger partial charge is 0.260 e. The molecule has 1 aliphatic rings.